The lowest BCUT2D eigenvalue weighted by Gasteiger charge is -1.99. The third-order valence-corrected chi connectivity index (χ3v) is 1.92. The van der Waals surface area contributed by atoms with Crippen LogP contribution < -0.4 is 0 Å². The van der Waals surface area contributed by atoms with E-state index in [1.807, 2.05) is 24.3 Å². The lowest BCUT2D eigenvalue weighted by molar-refractivity contribution is 0.489. The van der Waals surface area contributed by atoms with Crippen LogP contribution in [0.1, 0.15) is 5.56 Å². The van der Waals surface area contributed by atoms with Gasteiger partial charge in [-0.15, -0.1) is 6.42 Å². The molecule has 0 saturated heterocycles. The molecule has 0 fully saturated rings. The predicted octanol–water partition coefficient (Wildman–Crippen LogP) is 2.32. The summed E-state index contributed by atoms with van der Waals surface area (Å²) in [6, 6.07) is 7.67. The van der Waals surface area contributed by atoms with E-state index in [0.717, 1.165) is 10.5 Å². The highest BCUT2D eigenvalue weighted by Crippen LogP contribution is 2.21. The van der Waals surface area contributed by atoms with Gasteiger partial charge in [-0.2, -0.15) is 0 Å². The summed E-state index contributed by atoms with van der Waals surface area (Å²) in [4.78, 5) is 0.984. The summed E-state index contributed by atoms with van der Waals surface area (Å²) in [6.45, 7) is 0. The first-order chi connectivity index (χ1) is 5.38. The van der Waals surface area contributed by atoms with Crippen molar-refractivity contribution in [1.82, 2.24) is 0 Å². The van der Waals surface area contributed by atoms with E-state index in [2.05, 4.69) is 5.92 Å². The fourth-order valence-corrected chi connectivity index (χ4v) is 1.28. The van der Waals surface area contributed by atoms with E-state index >= 15 is 0 Å². The quantitative estimate of drug-likeness (QED) is 0.490. The smallest absolute Gasteiger partial charge is 0.0509 e. The number of hydrogen-bond acceptors (Lipinski definition) is 2. The van der Waals surface area contributed by atoms with Crippen molar-refractivity contribution in [2.45, 2.75) is 4.90 Å². The van der Waals surface area contributed by atoms with Gasteiger partial charge in [-0.25, -0.2) is 0 Å². The molecule has 0 amide bonds. The Balaban J connectivity index is 2.95. The zero-order valence-electron chi connectivity index (χ0n) is 6.20. The second-order valence-electron chi connectivity index (χ2n) is 1.89. The average molecular weight is 164 g/mol. The van der Waals surface area contributed by atoms with Gasteiger partial charge in [-0.05, 0) is 12.1 Å². The molecule has 1 rings (SSSR count). The summed E-state index contributed by atoms with van der Waals surface area (Å²) < 4.78 is 4.89. The Morgan fingerprint density at radius 2 is 2.18 bits per heavy atom. The van der Waals surface area contributed by atoms with Crippen molar-refractivity contribution in [2.75, 3.05) is 7.11 Å². The van der Waals surface area contributed by atoms with Gasteiger partial charge >= 0.3 is 0 Å². The molecule has 0 aliphatic rings. The summed E-state index contributed by atoms with van der Waals surface area (Å²) >= 11 is 1.28. The maximum atomic E-state index is 5.26. The van der Waals surface area contributed by atoms with Crippen molar-refractivity contribution in [1.29, 1.82) is 0 Å². The van der Waals surface area contributed by atoms with Crippen LogP contribution >= 0.6 is 12.0 Å². The van der Waals surface area contributed by atoms with Crippen LogP contribution in [-0.2, 0) is 4.18 Å². The second-order valence-corrected chi connectivity index (χ2v) is 2.83. The summed E-state index contributed by atoms with van der Waals surface area (Å²) in [6.07, 6.45) is 5.26. The van der Waals surface area contributed by atoms with Gasteiger partial charge in [-0.1, -0.05) is 18.1 Å². The number of terminal acetylenes is 1. The van der Waals surface area contributed by atoms with Gasteiger partial charge in [0.1, 0.15) is 0 Å². The maximum absolute atomic E-state index is 5.26. The highest BCUT2D eigenvalue weighted by molar-refractivity contribution is 7.94. The number of benzene rings is 1. The normalized spacial score (nSPS) is 9.09. The zero-order valence-corrected chi connectivity index (χ0v) is 7.02. The van der Waals surface area contributed by atoms with Crippen molar-refractivity contribution < 1.29 is 4.18 Å². The van der Waals surface area contributed by atoms with E-state index in [0.29, 0.717) is 0 Å². The highest BCUT2D eigenvalue weighted by Gasteiger charge is 1.97. The van der Waals surface area contributed by atoms with E-state index < -0.39 is 0 Å². The lowest BCUT2D eigenvalue weighted by Crippen LogP contribution is -1.79. The number of rotatable bonds is 2. The third-order valence-electron chi connectivity index (χ3n) is 1.22. The maximum Gasteiger partial charge on any atom is 0.0509 e. The molecule has 0 unspecified atom stereocenters. The molecule has 1 aromatic rings. The molecule has 0 heterocycles. The molecule has 11 heavy (non-hydrogen) atoms. The minimum Gasteiger partial charge on any atom is -0.314 e. The molecule has 56 valence electrons. The molecular formula is C9H8OS. The molecule has 2 heteroatoms. The van der Waals surface area contributed by atoms with Crippen molar-refractivity contribution in [2.24, 2.45) is 0 Å². The van der Waals surface area contributed by atoms with Crippen molar-refractivity contribution in [3.05, 3.63) is 29.8 Å². The Hall–Kier alpha value is -0.910. The van der Waals surface area contributed by atoms with Crippen LogP contribution in [0.4, 0.5) is 0 Å². The topological polar surface area (TPSA) is 9.23 Å². The minimum absolute atomic E-state index is 0.874. The second kappa shape index (κ2) is 4.07. The van der Waals surface area contributed by atoms with Gasteiger partial charge in [-0.3, -0.25) is 0 Å². The van der Waals surface area contributed by atoms with Crippen LogP contribution in [0.25, 0.3) is 0 Å². The van der Waals surface area contributed by atoms with E-state index in [1.54, 1.807) is 7.11 Å². The molecule has 1 nitrogen and oxygen atoms in total. The molecule has 0 bridgehead atoms. The van der Waals surface area contributed by atoms with Gasteiger partial charge in [0.15, 0.2) is 0 Å². The monoisotopic (exact) mass is 164 g/mol. The molecule has 0 N–H and O–H groups in total. The summed E-state index contributed by atoms with van der Waals surface area (Å²) in [5, 5.41) is 0. The minimum atomic E-state index is 0.874. The molecule has 0 aliphatic heterocycles. The Kier molecular flexibility index (Phi) is 3.03. The summed E-state index contributed by atoms with van der Waals surface area (Å²) in [5.74, 6) is 2.58. The fraction of sp³-hybridized carbons (Fsp3) is 0.111. The highest BCUT2D eigenvalue weighted by atomic mass is 32.2. The summed E-state index contributed by atoms with van der Waals surface area (Å²) in [7, 11) is 1.62. The van der Waals surface area contributed by atoms with Crippen LogP contribution in [0.5, 0.6) is 0 Å². The van der Waals surface area contributed by atoms with Crippen LogP contribution in [0.15, 0.2) is 29.2 Å². The Bertz CT molecular complexity index is 275. The largest absolute Gasteiger partial charge is 0.314 e. The zero-order chi connectivity index (χ0) is 8.10. The summed E-state index contributed by atoms with van der Waals surface area (Å²) in [5.41, 5.74) is 0.874. The first-order valence-electron chi connectivity index (χ1n) is 3.15. The van der Waals surface area contributed by atoms with E-state index in [1.165, 1.54) is 12.0 Å². The van der Waals surface area contributed by atoms with E-state index in [9.17, 15) is 0 Å². The van der Waals surface area contributed by atoms with Gasteiger partial charge in [0, 0.05) is 17.6 Å². The Labute approximate surface area is 71.0 Å². The molecule has 0 spiro atoms. The molecule has 0 saturated carbocycles. The molecule has 1 aromatic carbocycles. The van der Waals surface area contributed by atoms with Gasteiger partial charge in [0.2, 0.25) is 0 Å². The molecule has 0 radical (unpaired) electrons. The average Bonchev–Trinajstić information content (AvgIpc) is 2.06. The van der Waals surface area contributed by atoms with Crippen LogP contribution in [0.3, 0.4) is 0 Å². The standard InChI is InChI=1S/C9H8OS/c1-3-8-6-4-5-7-9(8)11-10-2/h1,4-7H,2H3. The molecule has 0 atom stereocenters. The van der Waals surface area contributed by atoms with E-state index in [4.69, 9.17) is 10.6 Å². The molecular weight excluding hydrogens is 156 g/mol. The SMILES string of the molecule is C#Cc1ccccc1SOC. The van der Waals surface area contributed by atoms with Crippen molar-refractivity contribution in [3.63, 3.8) is 0 Å². The predicted molar refractivity (Wildman–Crippen MR) is 47.2 cm³/mol. The van der Waals surface area contributed by atoms with Crippen LogP contribution in [-0.4, -0.2) is 7.11 Å². The Morgan fingerprint density at radius 3 is 2.82 bits per heavy atom. The van der Waals surface area contributed by atoms with Crippen molar-refractivity contribution in [3.8, 4) is 12.3 Å². The van der Waals surface area contributed by atoms with Crippen LogP contribution in [0.2, 0.25) is 0 Å². The molecule has 0 aromatic heterocycles. The fourth-order valence-electron chi connectivity index (χ4n) is 0.748. The number of hydrogen-bond donors (Lipinski definition) is 0. The van der Waals surface area contributed by atoms with Gasteiger partial charge < -0.3 is 4.18 Å². The van der Waals surface area contributed by atoms with Crippen molar-refractivity contribution >= 4 is 12.0 Å². The molecule has 0 aliphatic carbocycles. The van der Waals surface area contributed by atoms with Gasteiger partial charge in [0.25, 0.3) is 0 Å². The van der Waals surface area contributed by atoms with Crippen LogP contribution in [0, 0.1) is 12.3 Å². The first-order valence-corrected chi connectivity index (χ1v) is 3.89. The van der Waals surface area contributed by atoms with E-state index in [-0.39, 0.29) is 0 Å². The van der Waals surface area contributed by atoms with Gasteiger partial charge in [0.05, 0.1) is 12.0 Å². The lowest BCUT2D eigenvalue weighted by atomic mass is 10.2. The Morgan fingerprint density at radius 1 is 1.45 bits per heavy atom. The third kappa shape index (κ3) is 2.01. The first kappa shape index (κ1) is 8.19.